The zero-order chi connectivity index (χ0) is 24.3. The molecule has 1 aliphatic rings. The molecule has 0 radical (unpaired) electrons. The van der Waals surface area contributed by atoms with Gasteiger partial charge in [-0.25, -0.2) is 9.97 Å². The molecule has 0 spiro atoms. The number of hydrogen-bond donors (Lipinski definition) is 1. The first-order chi connectivity index (χ1) is 17.7. The predicted molar refractivity (Wildman–Crippen MR) is 137 cm³/mol. The van der Waals surface area contributed by atoms with Gasteiger partial charge in [-0.2, -0.15) is 5.10 Å². The van der Waals surface area contributed by atoms with Crippen molar-refractivity contribution in [2.24, 2.45) is 0 Å². The Labute approximate surface area is 207 Å². The second-order valence-electron chi connectivity index (χ2n) is 8.77. The maximum Gasteiger partial charge on any atom is 0.260 e. The molecule has 5 aromatic rings. The van der Waals surface area contributed by atoms with Gasteiger partial charge in [0.2, 0.25) is 0 Å². The lowest BCUT2D eigenvalue weighted by Gasteiger charge is -2.17. The monoisotopic (exact) mass is 479 g/mol. The number of pyridine rings is 1. The van der Waals surface area contributed by atoms with Gasteiger partial charge in [-0.1, -0.05) is 12.1 Å². The minimum Gasteiger partial charge on any atom is -0.483 e. The molecule has 2 aromatic carbocycles. The summed E-state index contributed by atoms with van der Waals surface area (Å²) in [6.07, 6.45) is 7.26. The van der Waals surface area contributed by atoms with Crippen LogP contribution in [0.5, 0.6) is 5.75 Å². The molecule has 9 heteroatoms. The van der Waals surface area contributed by atoms with E-state index in [2.05, 4.69) is 25.4 Å². The molecule has 1 amide bonds. The number of carbonyl (C=O) groups excluding carboxylic acids is 1. The van der Waals surface area contributed by atoms with Crippen LogP contribution in [0.15, 0.2) is 73.3 Å². The van der Waals surface area contributed by atoms with Crippen LogP contribution in [0.2, 0.25) is 0 Å². The SMILES string of the molecule is O=C(COc1cccc2ncnc(Nc3ccc4c(cnn4Cc4ccccn4)c3)c12)N1CCCC1. The topological polar surface area (TPSA) is 98.1 Å². The third-order valence-electron chi connectivity index (χ3n) is 6.38. The van der Waals surface area contributed by atoms with Crippen LogP contribution in [0.3, 0.4) is 0 Å². The first-order valence-corrected chi connectivity index (χ1v) is 12.0. The van der Waals surface area contributed by atoms with Crippen LogP contribution in [-0.2, 0) is 11.3 Å². The average Bonchev–Trinajstić information content (AvgIpc) is 3.59. The van der Waals surface area contributed by atoms with Gasteiger partial charge in [-0.05, 0) is 55.3 Å². The molecule has 0 unspecified atom stereocenters. The number of fused-ring (bicyclic) bond motifs is 2. The molecule has 1 fully saturated rings. The van der Waals surface area contributed by atoms with Crippen LogP contribution in [0.4, 0.5) is 11.5 Å². The highest BCUT2D eigenvalue weighted by Crippen LogP contribution is 2.32. The lowest BCUT2D eigenvalue weighted by Crippen LogP contribution is -2.32. The van der Waals surface area contributed by atoms with E-state index in [-0.39, 0.29) is 12.5 Å². The Morgan fingerprint density at radius 1 is 1.00 bits per heavy atom. The van der Waals surface area contributed by atoms with Crippen LogP contribution in [0.1, 0.15) is 18.5 Å². The van der Waals surface area contributed by atoms with Crippen molar-refractivity contribution in [1.82, 2.24) is 29.6 Å². The fourth-order valence-corrected chi connectivity index (χ4v) is 4.56. The number of rotatable bonds is 7. The lowest BCUT2D eigenvalue weighted by molar-refractivity contribution is -0.132. The van der Waals surface area contributed by atoms with Gasteiger partial charge in [0.05, 0.1) is 34.9 Å². The van der Waals surface area contributed by atoms with Crippen molar-refractivity contribution in [3.05, 3.63) is 79.0 Å². The molecule has 6 rings (SSSR count). The second kappa shape index (κ2) is 9.61. The van der Waals surface area contributed by atoms with Crippen LogP contribution in [0.25, 0.3) is 21.8 Å². The van der Waals surface area contributed by atoms with Crippen molar-refractivity contribution in [3.8, 4) is 5.75 Å². The molecule has 36 heavy (non-hydrogen) atoms. The highest BCUT2D eigenvalue weighted by Gasteiger charge is 2.19. The summed E-state index contributed by atoms with van der Waals surface area (Å²) < 4.78 is 7.91. The lowest BCUT2D eigenvalue weighted by atomic mass is 10.2. The molecule has 1 aliphatic heterocycles. The molecule has 3 aromatic heterocycles. The summed E-state index contributed by atoms with van der Waals surface area (Å²) in [7, 11) is 0. The van der Waals surface area contributed by atoms with Crippen molar-refractivity contribution in [2.45, 2.75) is 19.4 Å². The largest absolute Gasteiger partial charge is 0.483 e. The van der Waals surface area contributed by atoms with Crippen LogP contribution in [0, 0.1) is 0 Å². The number of hydrogen-bond acceptors (Lipinski definition) is 7. The van der Waals surface area contributed by atoms with Gasteiger partial charge in [0, 0.05) is 30.4 Å². The normalized spacial score (nSPS) is 13.4. The van der Waals surface area contributed by atoms with Crippen molar-refractivity contribution in [2.75, 3.05) is 25.0 Å². The fraction of sp³-hybridized carbons (Fsp3) is 0.222. The van der Waals surface area contributed by atoms with E-state index in [1.54, 1.807) is 6.20 Å². The van der Waals surface area contributed by atoms with E-state index in [9.17, 15) is 4.79 Å². The summed E-state index contributed by atoms with van der Waals surface area (Å²) in [4.78, 5) is 27.6. The Bertz CT molecular complexity index is 1520. The molecular formula is C27H25N7O2. The van der Waals surface area contributed by atoms with E-state index < -0.39 is 0 Å². The van der Waals surface area contributed by atoms with E-state index in [4.69, 9.17) is 4.74 Å². The number of carbonyl (C=O) groups is 1. The Kier molecular flexibility index (Phi) is 5.87. The fourth-order valence-electron chi connectivity index (χ4n) is 4.56. The quantitative estimate of drug-likeness (QED) is 0.374. The summed E-state index contributed by atoms with van der Waals surface area (Å²) in [5.41, 5.74) is 3.57. The standard InChI is InChI=1S/C27H25N7O2/c35-25(33-12-3-4-13-33)17-36-24-8-5-7-22-26(24)27(30-18-29-22)32-20-9-10-23-19(14-20)15-31-34(23)16-21-6-1-2-11-28-21/h1-2,5-11,14-15,18H,3-4,12-13,16-17H2,(H,29,30,32). The van der Waals surface area contributed by atoms with Gasteiger partial charge in [0.1, 0.15) is 17.9 Å². The zero-order valence-electron chi connectivity index (χ0n) is 19.7. The molecule has 1 saturated heterocycles. The van der Waals surface area contributed by atoms with Crippen LogP contribution < -0.4 is 10.1 Å². The number of nitrogens with zero attached hydrogens (tertiary/aromatic N) is 6. The van der Waals surface area contributed by atoms with Gasteiger partial charge in [0.15, 0.2) is 6.61 Å². The van der Waals surface area contributed by atoms with E-state index in [1.165, 1.54) is 6.33 Å². The molecule has 9 nitrogen and oxygen atoms in total. The molecular weight excluding hydrogens is 454 g/mol. The summed E-state index contributed by atoms with van der Waals surface area (Å²) in [5, 5.41) is 9.69. The van der Waals surface area contributed by atoms with Gasteiger partial charge in [-0.3, -0.25) is 14.5 Å². The van der Waals surface area contributed by atoms with Gasteiger partial charge in [0.25, 0.3) is 5.91 Å². The minimum atomic E-state index is -0.00510. The zero-order valence-corrected chi connectivity index (χ0v) is 19.7. The molecule has 0 atom stereocenters. The van der Waals surface area contributed by atoms with Gasteiger partial charge < -0.3 is 15.0 Å². The summed E-state index contributed by atoms with van der Waals surface area (Å²) >= 11 is 0. The predicted octanol–water partition coefficient (Wildman–Crippen LogP) is 4.17. The van der Waals surface area contributed by atoms with Crippen molar-refractivity contribution < 1.29 is 9.53 Å². The maximum absolute atomic E-state index is 12.5. The first kappa shape index (κ1) is 22.0. The number of ether oxygens (including phenoxy) is 1. The Morgan fingerprint density at radius 2 is 1.92 bits per heavy atom. The molecule has 0 aliphatic carbocycles. The molecule has 180 valence electrons. The smallest absolute Gasteiger partial charge is 0.260 e. The van der Waals surface area contributed by atoms with Gasteiger partial charge >= 0.3 is 0 Å². The summed E-state index contributed by atoms with van der Waals surface area (Å²) in [6.45, 7) is 2.20. The highest BCUT2D eigenvalue weighted by molar-refractivity contribution is 5.96. The minimum absolute atomic E-state index is 0.00373. The first-order valence-electron chi connectivity index (χ1n) is 12.0. The Balaban J connectivity index is 1.25. The number of amides is 1. The van der Waals surface area contributed by atoms with Crippen molar-refractivity contribution in [3.63, 3.8) is 0 Å². The van der Waals surface area contributed by atoms with Crippen molar-refractivity contribution >= 4 is 39.2 Å². The van der Waals surface area contributed by atoms with E-state index in [0.29, 0.717) is 18.1 Å². The number of benzene rings is 2. The van der Waals surface area contributed by atoms with E-state index in [1.807, 2.05) is 70.4 Å². The van der Waals surface area contributed by atoms with E-state index >= 15 is 0 Å². The number of aromatic nitrogens is 5. The second-order valence-corrected chi connectivity index (χ2v) is 8.77. The number of nitrogens with one attached hydrogen (secondary N) is 1. The number of likely N-dealkylation sites (tertiary alicyclic amines) is 1. The summed E-state index contributed by atoms with van der Waals surface area (Å²) in [5.74, 6) is 1.20. The molecule has 1 N–H and O–H groups in total. The van der Waals surface area contributed by atoms with Crippen LogP contribution >= 0.6 is 0 Å². The van der Waals surface area contributed by atoms with E-state index in [0.717, 1.165) is 59.1 Å². The Hall–Kier alpha value is -4.53. The average molecular weight is 480 g/mol. The molecule has 0 bridgehead atoms. The van der Waals surface area contributed by atoms with Crippen LogP contribution in [-0.4, -0.2) is 55.2 Å². The Morgan fingerprint density at radius 3 is 2.78 bits per heavy atom. The third kappa shape index (κ3) is 4.43. The molecule has 0 saturated carbocycles. The summed E-state index contributed by atoms with van der Waals surface area (Å²) in [6, 6.07) is 17.5. The molecule has 4 heterocycles. The van der Waals surface area contributed by atoms with Crippen molar-refractivity contribution in [1.29, 1.82) is 0 Å². The highest BCUT2D eigenvalue weighted by atomic mass is 16.5. The third-order valence-corrected chi connectivity index (χ3v) is 6.38. The maximum atomic E-state index is 12.5. The van der Waals surface area contributed by atoms with Gasteiger partial charge in [-0.15, -0.1) is 0 Å². The number of anilines is 2.